The molecule has 0 atom stereocenters. The van der Waals surface area contributed by atoms with Crippen molar-refractivity contribution >= 4 is 11.6 Å². The van der Waals surface area contributed by atoms with Crippen molar-refractivity contribution in [3.05, 3.63) is 47.5 Å². The van der Waals surface area contributed by atoms with Gasteiger partial charge in [-0.25, -0.2) is 0 Å². The van der Waals surface area contributed by atoms with Crippen LogP contribution in [0.25, 0.3) is 0 Å². The van der Waals surface area contributed by atoms with Crippen LogP contribution >= 0.6 is 0 Å². The van der Waals surface area contributed by atoms with Crippen molar-refractivity contribution in [1.29, 1.82) is 0 Å². The predicted molar refractivity (Wildman–Crippen MR) is 96.7 cm³/mol. The van der Waals surface area contributed by atoms with Gasteiger partial charge in [0.2, 0.25) is 0 Å². The van der Waals surface area contributed by atoms with Crippen molar-refractivity contribution in [1.82, 2.24) is 0 Å². The zero-order chi connectivity index (χ0) is 18.0. The predicted octanol–water partition coefficient (Wildman–Crippen LogP) is 3.73. The van der Waals surface area contributed by atoms with Crippen LogP contribution in [0.5, 0.6) is 17.2 Å². The summed E-state index contributed by atoms with van der Waals surface area (Å²) in [6.45, 7) is 5.92. The highest BCUT2D eigenvalue weighted by molar-refractivity contribution is 5.92. The van der Waals surface area contributed by atoms with Gasteiger partial charge in [0.25, 0.3) is 5.91 Å². The first-order chi connectivity index (χ1) is 11.9. The van der Waals surface area contributed by atoms with E-state index in [-0.39, 0.29) is 18.1 Å². The number of carbonyl (C=O) groups excluding carboxylic acids is 1. The van der Waals surface area contributed by atoms with Gasteiger partial charge < -0.3 is 19.5 Å². The van der Waals surface area contributed by atoms with E-state index in [1.165, 1.54) is 0 Å². The molecule has 0 unspecified atom stereocenters. The van der Waals surface area contributed by atoms with Crippen LogP contribution in [0.15, 0.2) is 36.4 Å². The first-order valence-electron chi connectivity index (χ1n) is 8.26. The molecule has 0 saturated carbocycles. The van der Waals surface area contributed by atoms with E-state index < -0.39 is 0 Å². The number of para-hydroxylation sites is 1. The summed E-state index contributed by atoms with van der Waals surface area (Å²) in [7, 11) is 1.62. The molecule has 3 rings (SSSR count). The maximum absolute atomic E-state index is 12.2. The van der Waals surface area contributed by atoms with Crippen molar-refractivity contribution in [2.75, 3.05) is 19.0 Å². The van der Waals surface area contributed by atoms with Crippen LogP contribution in [0.4, 0.5) is 5.69 Å². The number of hydrogen-bond acceptors (Lipinski definition) is 4. The molecule has 0 fully saturated rings. The van der Waals surface area contributed by atoms with Gasteiger partial charge in [-0.3, -0.25) is 4.79 Å². The molecule has 0 bridgehead atoms. The Morgan fingerprint density at radius 3 is 2.76 bits per heavy atom. The average Bonchev–Trinajstić information content (AvgIpc) is 2.87. The van der Waals surface area contributed by atoms with E-state index in [1.54, 1.807) is 13.2 Å². The smallest absolute Gasteiger partial charge is 0.262 e. The summed E-state index contributed by atoms with van der Waals surface area (Å²) in [6.07, 6.45) is 0.830. The van der Waals surface area contributed by atoms with Gasteiger partial charge in [-0.05, 0) is 50.6 Å². The van der Waals surface area contributed by atoms with Crippen LogP contribution < -0.4 is 19.5 Å². The standard InChI is InChI=1S/C20H23NO4/c1-13-10-15(8-9-16(13)23-4)21-18(22)12-24-17-7-5-6-14-11-20(2,3)25-19(14)17/h5-10H,11-12H2,1-4H3,(H,21,22). The fourth-order valence-corrected chi connectivity index (χ4v) is 3.00. The zero-order valence-electron chi connectivity index (χ0n) is 15.0. The van der Waals surface area contributed by atoms with E-state index in [1.807, 2.05) is 51.1 Å². The van der Waals surface area contributed by atoms with Crippen LogP contribution in [0.1, 0.15) is 25.0 Å². The second-order valence-corrected chi connectivity index (χ2v) is 6.80. The Bertz CT molecular complexity index is 798. The first-order valence-corrected chi connectivity index (χ1v) is 8.26. The molecule has 25 heavy (non-hydrogen) atoms. The number of methoxy groups -OCH3 is 1. The molecular weight excluding hydrogens is 318 g/mol. The second kappa shape index (κ2) is 6.67. The Morgan fingerprint density at radius 1 is 1.24 bits per heavy atom. The minimum Gasteiger partial charge on any atom is -0.496 e. The number of ether oxygens (including phenoxy) is 3. The number of aryl methyl sites for hydroxylation is 1. The third-order valence-electron chi connectivity index (χ3n) is 4.09. The minimum absolute atomic E-state index is 0.0781. The SMILES string of the molecule is COc1ccc(NC(=O)COc2cccc3c2OC(C)(C)C3)cc1C. The molecule has 5 nitrogen and oxygen atoms in total. The summed E-state index contributed by atoms with van der Waals surface area (Å²) < 4.78 is 16.9. The Morgan fingerprint density at radius 2 is 2.04 bits per heavy atom. The van der Waals surface area contributed by atoms with Crippen LogP contribution in [0.3, 0.4) is 0 Å². The molecule has 0 aromatic heterocycles. The molecule has 1 aliphatic rings. The third-order valence-corrected chi connectivity index (χ3v) is 4.09. The Balaban J connectivity index is 1.62. The molecule has 2 aromatic carbocycles. The summed E-state index contributed by atoms with van der Waals surface area (Å²) in [4.78, 5) is 12.2. The molecule has 1 heterocycles. The fourth-order valence-electron chi connectivity index (χ4n) is 3.00. The van der Waals surface area contributed by atoms with Gasteiger partial charge in [0, 0.05) is 17.7 Å². The van der Waals surface area contributed by atoms with Gasteiger partial charge in [0.05, 0.1) is 7.11 Å². The average molecular weight is 341 g/mol. The van der Waals surface area contributed by atoms with Crippen LogP contribution in [0, 0.1) is 6.92 Å². The number of fused-ring (bicyclic) bond motifs is 1. The van der Waals surface area contributed by atoms with Gasteiger partial charge in [-0.2, -0.15) is 0 Å². The van der Waals surface area contributed by atoms with Gasteiger partial charge >= 0.3 is 0 Å². The molecule has 132 valence electrons. The second-order valence-electron chi connectivity index (χ2n) is 6.80. The van der Waals surface area contributed by atoms with Crippen molar-refractivity contribution < 1.29 is 19.0 Å². The summed E-state index contributed by atoms with van der Waals surface area (Å²) in [5, 5.41) is 2.83. The maximum atomic E-state index is 12.2. The third kappa shape index (κ3) is 3.87. The van der Waals surface area contributed by atoms with E-state index >= 15 is 0 Å². The van der Waals surface area contributed by atoms with Crippen LogP contribution in [-0.2, 0) is 11.2 Å². The monoisotopic (exact) mass is 341 g/mol. The summed E-state index contributed by atoms with van der Waals surface area (Å²) in [5.74, 6) is 1.90. The molecule has 1 amide bonds. The maximum Gasteiger partial charge on any atom is 0.262 e. The molecule has 0 spiro atoms. The number of benzene rings is 2. The van der Waals surface area contributed by atoms with Crippen LogP contribution in [0.2, 0.25) is 0 Å². The summed E-state index contributed by atoms with van der Waals surface area (Å²) >= 11 is 0. The molecule has 2 aromatic rings. The summed E-state index contributed by atoms with van der Waals surface area (Å²) in [5.41, 5.74) is 2.53. The largest absolute Gasteiger partial charge is 0.496 e. The van der Waals surface area contributed by atoms with Crippen LogP contribution in [-0.4, -0.2) is 25.2 Å². The van der Waals surface area contributed by atoms with Gasteiger partial charge in [0.15, 0.2) is 18.1 Å². The van der Waals surface area contributed by atoms with Crippen molar-refractivity contribution in [2.24, 2.45) is 0 Å². The molecule has 0 aliphatic carbocycles. The van der Waals surface area contributed by atoms with Crippen molar-refractivity contribution in [3.8, 4) is 17.2 Å². The number of carbonyl (C=O) groups is 1. The molecule has 5 heteroatoms. The lowest BCUT2D eigenvalue weighted by molar-refractivity contribution is -0.118. The number of rotatable bonds is 5. The highest BCUT2D eigenvalue weighted by Crippen LogP contribution is 2.41. The first kappa shape index (κ1) is 17.1. The van der Waals surface area contributed by atoms with Gasteiger partial charge in [0.1, 0.15) is 11.4 Å². The highest BCUT2D eigenvalue weighted by Gasteiger charge is 2.32. The highest BCUT2D eigenvalue weighted by atomic mass is 16.5. The molecular formula is C20H23NO4. The Hall–Kier alpha value is -2.69. The quantitative estimate of drug-likeness (QED) is 0.900. The lowest BCUT2D eigenvalue weighted by Crippen LogP contribution is -2.25. The Kier molecular flexibility index (Phi) is 4.57. The lowest BCUT2D eigenvalue weighted by atomic mass is 10.0. The van der Waals surface area contributed by atoms with E-state index in [0.29, 0.717) is 11.4 Å². The van der Waals surface area contributed by atoms with Gasteiger partial charge in [-0.15, -0.1) is 0 Å². The number of amides is 1. The molecule has 0 radical (unpaired) electrons. The van der Waals surface area contributed by atoms with Gasteiger partial charge in [-0.1, -0.05) is 12.1 Å². The molecule has 0 saturated heterocycles. The summed E-state index contributed by atoms with van der Waals surface area (Å²) in [6, 6.07) is 11.3. The topological polar surface area (TPSA) is 56.8 Å². The lowest BCUT2D eigenvalue weighted by Gasteiger charge is -2.18. The number of hydrogen-bond donors (Lipinski definition) is 1. The molecule has 1 aliphatic heterocycles. The normalized spacial score (nSPS) is 14.4. The Labute approximate surface area is 147 Å². The zero-order valence-corrected chi connectivity index (χ0v) is 15.0. The van der Waals surface area contributed by atoms with Crippen molar-refractivity contribution in [2.45, 2.75) is 32.8 Å². The molecule has 1 N–H and O–H groups in total. The van der Waals surface area contributed by atoms with E-state index in [4.69, 9.17) is 14.2 Å². The number of anilines is 1. The fraction of sp³-hybridized carbons (Fsp3) is 0.350. The minimum atomic E-state index is -0.245. The van der Waals surface area contributed by atoms with E-state index in [2.05, 4.69) is 5.32 Å². The van der Waals surface area contributed by atoms with E-state index in [9.17, 15) is 4.79 Å². The van der Waals surface area contributed by atoms with Crippen molar-refractivity contribution in [3.63, 3.8) is 0 Å². The number of nitrogens with one attached hydrogen (secondary N) is 1. The van der Waals surface area contributed by atoms with E-state index in [0.717, 1.165) is 29.0 Å².